The second kappa shape index (κ2) is 11.5. The lowest BCUT2D eigenvalue weighted by Gasteiger charge is -2.51. The molecular weight excluding hydrogens is 496 g/mol. The van der Waals surface area contributed by atoms with Gasteiger partial charge in [0.2, 0.25) is 5.78 Å². The predicted molar refractivity (Wildman–Crippen MR) is 158 cm³/mol. The van der Waals surface area contributed by atoms with Crippen molar-refractivity contribution >= 4 is 17.4 Å². The maximum Gasteiger partial charge on any atom is 0.333 e. The average molecular weight is 532 g/mol. The van der Waals surface area contributed by atoms with Crippen LogP contribution in [0, 0.1) is 5.92 Å². The van der Waals surface area contributed by atoms with Crippen LogP contribution in [0.25, 0.3) is 11.1 Å². The molecule has 3 aliphatic rings. The van der Waals surface area contributed by atoms with Crippen LogP contribution in [0.15, 0.2) is 115 Å². The molecule has 0 saturated carbocycles. The number of carbonyl (C=O) groups excluding carboxylic acids is 2. The van der Waals surface area contributed by atoms with Gasteiger partial charge in [0.05, 0.1) is 13.1 Å². The van der Waals surface area contributed by atoms with Crippen molar-refractivity contribution < 1.29 is 18.8 Å². The van der Waals surface area contributed by atoms with Crippen LogP contribution in [-0.2, 0) is 9.53 Å². The molecule has 3 aliphatic heterocycles. The standard InChI is InChI=1S/C35H35N2O3/c38-32(28-18-16-27(17-19-28)26-10-4-1-5-11-26)24-37-22-20-29(21-23-37)33(25-37)40-35(39)34(30-12-6-2-7-13-30)36-31-14-8-3-9-15-31/h1-19,29,33-34,36H,20-25H2/q+1/t29?,33-,34?,37?/m0/s1. The van der Waals surface area contributed by atoms with E-state index in [4.69, 9.17) is 4.74 Å². The minimum Gasteiger partial charge on any atom is -0.454 e. The second-order valence-electron chi connectivity index (χ2n) is 11.2. The molecule has 4 aromatic carbocycles. The van der Waals surface area contributed by atoms with Gasteiger partial charge in [0.1, 0.15) is 13.1 Å². The van der Waals surface area contributed by atoms with Crippen LogP contribution in [0.2, 0.25) is 0 Å². The highest BCUT2D eigenvalue weighted by Crippen LogP contribution is 2.37. The minimum atomic E-state index is -0.600. The zero-order valence-electron chi connectivity index (χ0n) is 22.6. The van der Waals surface area contributed by atoms with Gasteiger partial charge in [-0.15, -0.1) is 0 Å². The number of nitrogens with one attached hydrogen (secondary N) is 1. The van der Waals surface area contributed by atoms with Gasteiger partial charge in [-0.3, -0.25) is 4.79 Å². The Kier molecular flexibility index (Phi) is 7.47. The van der Waals surface area contributed by atoms with E-state index in [1.165, 1.54) is 0 Å². The van der Waals surface area contributed by atoms with E-state index in [1.54, 1.807) is 0 Å². The fourth-order valence-electron chi connectivity index (χ4n) is 6.29. The fraction of sp³-hybridized carbons (Fsp3) is 0.257. The van der Waals surface area contributed by atoms with E-state index in [-0.39, 0.29) is 17.9 Å². The molecule has 4 aromatic rings. The van der Waals surface area contributed by atoms with E-state index < -0.39 is 6.04 Å². The highest BCUT2D eigenvalue weighted by Gasteiger charge is 2.49. The third-order valence-electron chi connectivity index (χ3n) is 8.56. The first-order valence-electron chi connectivity index (χ1n) is 14.2. The molecule has 3 heterocycles. The first-order chi connectivity index (χ1) is 19.6. The Bertz CT molecular complexity index is 1430. The maximum absolute atomic E-state index is 13.6. The van der Waals surface area contributed by atoms with Gasteiger partial charge >= 0.3 is 5.97 Å². The summed E-state index contributed by atoms with van der Waals surface area (Å²) in [4.78, 5) is 27.1. The molecule has 1 N–H and O–H groups in total. The summed E-state index contributed by atoms with van der Waals surface area (Å²) in [6.07, 6.45) is 1.76. The number of benzene rings is 4. The predicted octanol–water partition coefficient (Wildman–Crippen LogP) is 6.54. The van der Waals surface area contributed by atoms with Gasteiger partial charge in [0.25, 0.3) is 0 Å². The molecule has 0 radical (unpaired) electrons. The normalized spacial score (nSPS) is 22.3. The number of hydrogen-bond donors (Lipinski definition) is 1. The largest absolute Gasteiger partial charge is 0.454 e. The number of para-hydroxylation sites is 1. The summed E-state index contributed by atoms with van der Waals surface area (Å²) in [5.74, 6) is 0.227. The van der Waals surface area contributed by atoms with Gasteiger partial charge in [-0.25, -0.2) is 4.79 Å². The Labute approximate surface area is 236 Å². The summed E-state index contributed by atoms with van der Waals surface area (Å²) in [5, 5.41) is 3.37. The Morgan fingerprint density at radius 2 is 1.32 bits per heavy atom. The molecule has 5 heteroatoms. The van der Waals surface area contributed by atoms with Crippen molar-refractivity contribution in [2.45, 2.75) is 25.0 Å². The zero-order valence-corrected chi connectivity index (χ0v) is 22.6. The zero-order chi connectivity index (χ0) is 27.4. The smallest absolute Gasteiger partial charge is 0.333 e. The number of nitrogens with zero attached hydrogens (tertiary/aromatic N) is 1. The molecule has 0 spiro atoms. The molecule has 2 atom stereocenters. The van der Waals surface area contributed by atoms with Gasteiger partial charge in [-0.2, -0.15) is 0 Å². The van der Waals surface area contributed by atoms with E-state index in [0.717, 1.165) is 53.9 Å². The van der Waals surface area contributed by atoms with Crippen molar-refractivity contribution in [2.24, 2.45) is 5.92 Å². The van der Waals surface area contributed by atoms with Gasteiger partial charge in [-0.1, -0.05) is 103 Å². The van der Waals surface area contributed by atoms with E-state index >= 15 is 0 Å². The second-order valence-corrected chi connectivity index (χ2v) is 11.2. The summed E-state index contributed by atoms with van der Waals surface area (Å²) in [6.45, 7) is 3.04. The number of hydrogen-bond acceptors (Lipinski definition) is 4. The van der Waals surface area contributed by atoms with Crippen molar-refractivity contribution in [2.75, 3.05) is 31.5 Å². The van der Waals surface area contributed by atoms with Crippen molar-refractivity contribution in [1.29, 1.82) is 0 Å². The number of rotatable bonds is 9. The quantitative estimate of drug-likeness (QED) is 0.151. The number of quaternary nitrogens is 1. The number of fused-ring (bicyclic) bond motifs is 3. The van der Waals surface area contributed by atoms with Crippen LogP contribution in [-0.4, -0.2) is 48.5 Å². The van der Waals surface area contributed by atoms with Crippen LogP contribution in [0.1, 0.15) is 34.8 Å². The third-order valence-corrected chi connectivity index (χ3v) is 8.56. The highest BCUT2D eigenvalue weighted by atomic mass is 16.5. The molecular formula is C35H35N2O3+. The minimum absolute atomic E-state index is 0.151. The lowest BCUT2D eigenvalue weighted by atomic mass is 9.82. The van der Waals surface area contributed by atoms with Crippen molar-refractivity contribution in [3.8, 4) is 11.1 Å². The molecule has 7 rings (SSSR count). The lowest BCUT2D eigenvalue weighted by Crippen LogP contribution is -2.65. The number of carbonyl (C=O) groups is 2. The van der Waals surface area contributed by atoms with Crippen LogP contribution in [0.4, 0.5) is 5.69 Å². The van der Waals surface area contributed by atoms with Gasteiger partial charge in [-0.05, 0) is 28.8 Å². The Balaban J connectivity index is 1.14. The molecule has 2 bridgehead atoms. The van der Waals surface area contributed by atoms with Crippen molar-refractivity contribution in [3.63, 3.8) is 0 Å². The molecule has 3 fully saturated rings. The Morgan fingerprint density at radius 3 is 1.98 bits per heavy atom. The van der Waals surface area contributed by atoms with E-state index in [0.29, 0.717) is 23.5 Å². The Morgan fingerprint density at radius 1 is 0.750 bits per heavy atom. The average Bonchev–Trinajstić information content (AvgIpc) is 3.01. The number of piperidine rings is 3. The van der Waals surface area contributed by atoms with Crippen LogP contribution < -0.4 is 5.32 Å². The van der Waals surface area contributed by atoms with Crippen molar-refractivity contribution in [1.82, 2.24) is 0 Å². The van der Waals surface area contributed by atoms with Crippen LogP contribution in [0.5, 0.6) is 0 Å². The van der Waals surface area contributed by atoms with Gasteiger partial charge < -0.3 is 14.5 Å². The molecule has 3 saturated heterocycles. The van der Waals surface area contributed by atoms with Crippen LogP contribution >= 0.6 is 0 Å². The fourth-order valence-corrected chi connectivity index (χ4v) is 6.29. The molecule has 0 aromatic heterocycles. The summed E-state index contributed by atoms with van der Waals surface area (Å²) < 4.78 is 6.95. The van der Waals surface area contributed by atoms with E-state index in [1.807, 2.05) is 103 Å². The molecule has 40 heavy (non-hydrogen) atoms. The van der Waals surface area contributed by atoms with E-state index in [9.17, 15) is 9.59 Å². The van der Waals surface area contributed by atoms with Crippen molar-refractivity contribution in [3.05, 3.63) is 126 Å². The first kappa shape index (κ1) is 26.0. The number of anilines is 1. The summed E-state index contributed by atoms with van der Waals surface area (Å²) in [6, 6.07) is 37.0. The SMILES string of the molecule is O=C(C[N+]12CCC(CC1)[C@@H](OC(=O)C(Nc1ccccc1)c1ccccc1)C2)c1ccc(-c2ccccc2)cc1. The highest BCUT2D eigenvalue weighted by molar-refractivity contribution is 5.97. The van der Waals surface area contributed by atoms with Gasteiger partial charge in [0.15, 0.2) is 12.1 Å². The molecule has 0 amide bonds. The molecule has 202 valence electrons. The number of ether oxygens (including phenoxy) is 1. The lowest BCUT2D eigenvalue weighted by molar-refractivity contribution is -0.938. The first-order valence-corrected chi connectivity index (χ1v) is 14.2. The maximum atomic E-state index is 13.6. The Hall–Kier alpha value is -4.22. The third kappa shape index (κ3) is 5.70. The topological polar surface area (TPSA) is 55.4 Å². The van der Waals surface area contributed by atoms with E-state index in [2.05, 4.69) is 17.4 Å². The van der Waals surface area contributed by atoms with Crippen LogP contribution in [0.3, 0.4) is 0 Å². The monoisotopic (exact) mass is 531 g/mol. The summed E-state index contributed by atoms with van der Waals surface area (Å²) in [5.41, 5.74) is 4.73. The molecule has 5 nitrogen and oxygen atoms in total. The van der Waals surface area contributed by atoms with Gasteiger partial charge in [0, 0.05) is 30.0 Å². The molecule has 0 aliphatic carbocycles. The number of esters is 1. The number of ketones is 1. The molecule has 1 unspecified atom stereocenters. The number of Topliss-reactive ketones (excluding diaryl/α,β-unsaturated/α-hetero) is 1. The summed E-state index contributed by atoms with van der Waals surface area (Å²) in [7, 11) is 0. The summed E-state index contributed by atoms with van der Waals surface area (Å²) >= 11 is 0.